The fourth-order valence-electron chi connectivity index (χ4n) is 1.76. The van der Waals surface area contributed by atoms with Crippen molar-refractivity contribution in [3.05, 3.63) is 42.1 Å². The lowest BCUT2D eigenvalue weighted by atomic mass is 10.0. The van der Waals surface area contributed by atoms with E-state index in [0.717, 1.165) is 17.3 Å². The van der Waals surface area contributed by atoms with Crippen molar-refractivity contribution >= 4 is 10.9 Å². The summed E-state index contributed by atoms with van der Waals surface area (Å²) in [6.07, 6.45) is 2.78. The number of benzene rings is 1. The Labute approximate surface area is 89.3 Å². The largest absolute Gasteiger partial charge is 0.271 e. The number of nitrogens with one attached hydrogen (secondary N) is 1. The number of nitrogens with two attached hydrogens (primary N) is 1. The van der Waals surface area contributed by atoms with Crippen LogP contribution in [0.4, 0.5) is 0 Å². The van der Waals surface area contributed by atoms with Gasteiger partial charge in [0.05, 0.1) is 5.52 Å². The SMILES string of the molecule is CCC(NN)c1ccc2ncccc2c1. The van der Waals surface area contributed by atoms with Crippen LogP contribution in [0.15, 0.2) is 36.5 Å². The Bertz CT molecular complexity index is 449. The van der Waals surface area contributed by atoms with E-state index in [1.807, 2.05) is 12.1 Å². The Kier molecular flexibility index (Phi) is 2.94. The van der Waals surface area contributed by atoms with Gasteiger partial charge in [-0.05, 0) is 30.2 Å². The topological polar surface area (TPSA) is 50.9 Å². The first-order valence-corrected chi connectivity index (χ1v) is 5.16. The third kappa shape index (κ3) is 1.98. The second kappa shape index (κ2) is 4.38. The van der Waals surface area contributed by atoms with Gasteiger partial charge in [-0.3, -0.25) is 16.3 Å². The molecule has 0 radical (unpaired) electrons. The number of rotatable bonds is 3. The zero-order valence-corrected chi connectivity index (χ0v) is 8.77. The fourth-order valence-corrected chi connectivity index (χ4v) is 1.76. The van der Waals surface area contributed by atoms with Crippen molar-refractivity contribution in [3.63, 3.8) is 0 Å². The van der Waals surface area contributed by atoms with Crippen molar-refractivity contribution in [2.45, 2.75) is 19.4 Å². The molecule has 0 bridgehead atoms. The molecule has 1 heterocycles. The zero-order chi connectivity index (χ0) is 10.7. The summed E-state index contributed by atoms with van der Waals surface area (Å²) in [6, 6.07) is 10.5. The van der Waals surface area contributed by atoms with Crippen LogP contribution in [0.1, 0.15) is 24.9 Å². The van der Waals surface area contributed by atoms with Crippen LogP contribution >= 0.6 is 0 Å². The third-order valence-corrected chi connectivity index (χ3v) is 2.64. The van der Waals surface area contributed by atoms with Crippen LogP contribution in [0.25, 0.3) is 10.9 Å². The van der Waals surface area contributed by atoms with Gasteiger partial charge in [0.2, 0.25) is 0 Å². The molecular formula is C12H15N3. The van der Waals surface area contributed by atoms with Crippen LogP contribution < -0.4 is 11.3 Å². The second-order valence-corrected chi connectivity index (χ2v) is 3.58. The number of pyridine rings is 1. The first-order chi connectivity index (χ1) is 7.35. The highest BCUT2D eigenvalue weighted by Crippen LogP contribution is 2.20. The van der Waals surface area contributed by atoms with E-state index in [-0.39, 0.29) is 6.04 Å². The molecule has 3 heteroatoms. The molecule has 3 N–H and O–H groups in total. The maximum atomic E-state index is 5.49. The molecule has 0 spiro atoms. The van der Waals surface area contributed by atoms with Crippen molar-refractivity contribution in [1.82, 2.24) is 10.4 Å². The molecule has 0 aliphatic carbocycles. The Morgan fingerprint density at radius 3 is 3.00 bits per heavy atom. The number of aromatic nitrogens is 1. The highest BCUT2D eigenvalue weighted by Gasteiger charge is 2.06. The Morgan fingerprint density at radius 2 is 2.27 bits per heavy atom. The maximum Gasteiger partial charge on any atom is 0.0702 e. The van der Waals surface area contributed by atoms with Gasteiger partial charge in [0.1, 0.15) is 0 Å². The van der Waals surface area contributed by atoms with Gasteiger partial charge in [-0.25, -0.2) is 0 Å². The molecule has 1 aromatic heterocycles. The molecule has 2 aromatic rings. The van der Waals surface area contributed by atoms with E-state index in [2.05, 4.69) is 35.5 Å². The Balaban J connectivity index is 2.46. The van der Waals surface area contributed by atoms with E-state index in [0.29, 0.717) is 0 Å². The van der Waals surface area contributed by atoms with Crippen molar-refractivity contribution in [1.29, 1.82) is 0 Å². The second-order valence-electron chi connectivity index (χ2n) is 3.58. The van der Waals surface area contributed by atoms with Crippen molar-refractivity contribution in [2.75, 3.05) is 0 Å². The number of hydrazine groups is 1. The van der Waals surface area contributed by atoms with Crippen LogP contribution in [-0.4, -0.2) is 4.98 Å². The molecular weight excluding hydrogens is 186 g/mol. The third-order valence-electron chi connectivity index (χ3n) is 2.64. The summed E-state index contributed by atoms with van der Waals surface area (Å²) in [7, 11) is 0. The average molecular weight is 201 g/mol. The molecule has 0 amide bonds. The molecule has 1 aromatic carbocycles. The van der Waals surface area contributed by atoms with Crippen LogP contribution in [0, 0.1) is 0 Å². The number of fused-ring (bicyclic) bond motifs is 1. The van der Waals surface area contributed by atoms with Gasteiger partial charge >= 0.3 is 0 Å². The highest BCUT2D eigenvalue weighted by atomic mass is 15.2. The molecule has 0 saturated heterocycles. The summed E-state index contributed by atoms with van der Waals surface area (Å²) >= 11 is 0. The van der Waals surface area contributed by atoms with Gasteiger partial charge < -0.3 is 0 Å². The highest BCUT2D eigenvalue weighted by molar-refractivity contribution is 5.79. The lowest BCUT2D eigenvalue weighted by molar-refractivity contribution is 0.539. The molecule has 0 saturated carbocycles. The van der Waals surface area contributed by atoms with E-state index in [9.17, 15) is 0 Å². The number of hydrogen-bond donors (Lipinski definition) is 2. The predicted octanol–water partition coefficient (Wildman–Crippen LogP) is 2.15. The molecule has 15 heavy (non-hydrogen) atoms. The molecule has 1 atom stereocenters. The zero-order valence-electron chi connectivity index (χ0n) is 8.77. The predicted molar refractivity (Wildman–Crippen MR) is 62.1 cm³/mol. The van der Waals surface area contributed by atoms with E-state index >= 15 is 0 Å². The molecule has 3 nitrogen and oxygen atoms in total. The standard InChI is InChI=1S/C12H15N3/c1-2-11(15-13)10-5-6-12-9(8-10)4-3-7-14-12/h3-8,11,15H,2,13H2,1H3. The summed E-state index contributed by atoms with van der Waals surface area (Å²) in [5.41, 5.74) is 5.04. The fraction of sp³-hybridized carbons (Fsp3) is 0.250. The van der Waals surface area contributed by atoms with Crippen LogP contribution in [0.5, 0.6) is 0 Å². The first kappa shape index (κ1) is 10.1. The van der Waals surface area contributed by atoms with Crippen molar-refractivity contribution in [3.8, 4) is 0 Å². The summed E-state index contributed by atoms with van der Waals surface area (Å²) in [4.78, 5) is 4.28. The first-order valence-electron chi connectivity index (χ1n) is 5.16. The molecule has 2 rings (SSSR count). The minimum absolute atomic E-state index is 0.217. The summed E-state index contributed by atoms with van der Waals surface area (Å²) in [6.45, 7) is 2.11. The summed E-state index contributed by atoms with van der Waals surface area (Å²) in [5.74, 6) is 5.49. The molecule has 0 aliphatic rings. The minimum atomic E-state index is 0.217. The van der Waals surface area contributed by atoms with Crippen LogP contribution in [-0.2, 0) is 0 Å². The van der Waals surface area contributed by atoms with E-state index < -0.39 is 0 Å². The Hall–Kier alpha value is -1.45. The van der Waals surface area contributed by atoms with Gasteiger partial charge in [-0.15, -0.1) is 0 Å². The average Bonchev–Trinajstić information content (AvgIpc) is 2.30. The van der Waals surface area contributed by atoms with Gasteiger partial charge in [0.25, 0.3) is 0 Å². The summed E-state index contributed by atoms with van der Waals surface area (Å²) in [5, 5.41) is 1.16. The quantitative estimate of drug-likeness (QED) is 0.591. The lowest BCUT2D eigenvalue weighted by Gasteiger charge is -2.14. The smallest absolute Gasteiger partial charge is 0.0702 e. The lowest BCUT2D eigenvalue weighted by Crippen LogP contribution is -2.27. The summed E-state index contributed by atoms with van der Waals surface area (Å²) < 4.78 is 0. The van der Waals surface area contributed by atoms with Crippen molar-refractivity contribution in [2.24, 2.45) is 5.84 Å². The molecule has 1 unspecified atom stereocenters. The Morgan fingerprint density at radius 1 is 1.40 bits per heavy atom. The van der Waals surface area contributed by atoms with E-state index in [4.69, 9.17) is 5.84 Å². The molecule has 0 fully saturated rings. The van der Waals surface area contributed by atoms with Crippen LogP contribution in [0.2, 0.25) is 0 Å². The number of nitrogens with zero attached hydrogens (tertiary/aromatic N) is 1. The molecule has 78 valence electrons. The monoisotopic (exact) mass is 201 g/mol. The van der Waals surface area contributed by atoms with Gasteiger partial charge in [0.15, 0.2) is 0 Å². The normalized spacial score (nSPS) is 12.9. The van der Waals surface area contributed by atoms with Gasteiger partial charge in [-0.2, -0.15) is 0 Å². The van der Waals surface area contributed by atoms with Crippen LogP contribution in [0.3, 0.4) is 0 Å². The van der Waals surface area contributed by atoms with Gasteiger partial charge in [0, 0.05) is 17.6 Å². The number of hydrogen-bond acceptors (Lipinski definition) is 3. The molecule has 0 aliphatic heterocycles. The maximum absolute atomic E-state index is 5.49. The van der Waals surface area contributed by atoms with E-state index in [1.54, 1.807) is 6.20 Å². The van der Waals surface area contributed by atoms with E-state index in [1.165, 1.54) is 5.56 Å². The van der Waals surface area contributed by atoms with Gasteiger partial charge in [-0.1, -0.05) is 19.1 Å². The van der Waals surface area contributed by atoms with Crippen molar-refractivity contribution < 1.29 is 0 Å². The minimum Gasteiger partial charge on any atom is -0.271 e.